The maximum Gasteiger partial charge on any atom is 0.328 e. The van der Waals surface area contributed by atoms with E-state index in [1.165, 1.54) is 16.0 Å². The number of benzene rings is 2. The number of rotatable bonds is 7. The molecule has 5 nitrogen and oxygen atoms in total. The highest BCUT2D eigenvalue weighted by atomic mass is 16.5. The molecule has 0 saturated carbocycles. The lowest BCUT2D eigenvalue weighted by molar-refractivity contribution is -0.158. The molecule has 2 aromatic carbocycles. The summed E-state index contributed by atoms with van der Waals surface area (Å²) in [6.07, 6.45) is 1.89. The molecule has 0 aromatic heterocycles. The fraction of sp³-hybridized carbons (Fsp3) is 0.364. The largest absolute Gasteiger partial charge is 0.480 e. The molecule has 1 aliphatic heterocycles. The predicted molar refractivity (Wildman–Crippen MR) is 102 cm³/mol. The van der Waals surface area contributed by atoms with Crippen molar-refractivity contribution in [3.63, 3.8) is 0 Å². The second kappa shape index (κ2) is 9.33. The van der Waals surface area contributed by atoms with Crippen molar-refractivity contribution in [1.82, 2.24) is 4.90 Å². The highest BCUT2D eigenvalue weighted by Crippen LogP contribution is 2.21. The fourth-order valence-corrected chi connectivity index (χ4v) is 3.58. The number of carbonyl (C=O) groups is 2. The normalized spacial score (nSPS) is 17.1. The lowest BCUT2D eigenvalue weighted by atomic mass is 9.89. The Morgan fingerprint density at radius 2 is 1.56 bits per heavy atom. The van der Waals surface area contributed by atoms with Crippen LogP contribution in [0, 0.1) is 5.92 Å². The van der Waals surface area contributed by atoms with E-state index in [9.17, 15) is 14.7 Å². The fourth-order valence-electron chi connectivity index (χ4n) is 3.58. The van der Waals surface area contributed by atoms with Crippen LogP contribution in [0.4, 0.5) is 0 Å². The summed E-state index contributed by atoms with van der Waals surface area (Å²) in [5.41, 5.74) is 2.37. The first-order valence-electron chi connectivity index (χ1n) is 9.31. The van der Waals surface area contributed by atoms with Crippen molar-refractivity contribution in [1.29, 1.82) is 0 Å². The van der Waals surface area contributed by atoms with Crippen LogP contribution in [0.3, 0.4) is 0 Å². The molecule has 5 heteroatoms. The van der Waals surface area contributed by atoms with Crippen LogP contribution >= 0.6 is 0 Å². The Balaban J connectivity index is 1.73. The maximum atomic E-state index is 12.9. The summed E-state index contributed by atoms with van der Waals surface area (Å²) in [5, 5.41) is 9.39. The van der Waals surface area contributed by atoms with Crippen LogP contribution in [0.5, 0.6) is 0 Å². The summed E-state index contributed by atoms with van der Waals surface area (Å²) >= 11 is 0. The molecule has 1 heterocycles. The van der Waals surface area contributed by atoms with Gasteiger partial charge in [0.05, 0.1) is 13.2 Å². The Bertz CT molecular complexity index is 706. The number of nitrogens with zero attached hydrogens (tertiary/aromatic N) is 1. The molecule has 1 amide bonds. The van der Waals surface area contributed by atoms with Crippen LogP contribution in [0.15, 0.2) is 60.7 Å². The van der Waals surface area contributed by atoms with Gasteiger partial charge in [-0.1, -0.05) is 60.7 Å². The number of hydrogen-bond acceptors (Lipinski definition) is 3. The Kier molecular flexibility index (Phi) is 6.60. The average molecular weight is 367 g/mol. The van der Waals surface area contributed by atoms with Crippen LogP contribution in [0.1, 0.15) is 17.5 Å². The topological polar surface area (TPSA) is 66.8 Å². The van der Waals surface area contributed by atoms with Crippen LogP contribution in [0.2, 0.25) is 0 Å². The monoisotopic (exact) mass is 367 g/mol. The van der Waals surface area contributed by atoms with Gasteiger partial charge in [0.15, 0.2) is 6.04 Å². The molecule has 2 aromatic rings. The van der Waals surface area contributed by atoms with Gasteiger partial charge in [-0.3, -0.25) is 4.79 Å². The van der Waals surface area contributed by atoms with Gasteiger partial charge in [0.1, 0.15) is 0 Å². The predicted octanol–water partition coefficient (Wildman–Crippen LogP) is 2.79. The Labute approximate surface area is 159 Å². The van der Waals surface area contributed by atoms with Gasteiger partial charge in [0.25, 0.3) is 0 Å². The molecule has 0 aliphatic carbocycles. The third kappa shape index (κ3) is 5.41. The summed E-state index contributed by atoms with van der Waals surface area (Å²) in [7, 11) is 0. The second-order valence-electron chi connectivity index (χ2n) is 6.97. The van der Waals surface area contributed by atoms with Gasteiger partial charge < -0.3 is 14.7 Å². The number of carboxylic acid groups (broad SMARTS) is 1. The summed E-state index contributed by atoms with van der Waals surface area (Å²) in [6, 6.07) is 19.3. The van der Waals surface area contributed by atoms with Gasteiger partial charge in [-0.2, -0.15) is 0 Å². The molecule has 1 saturated heterocycles. The Hall–Kier alpha value is -2.66. The van der Waals surface area contributed by atoms with Gasteiger partial charge in [0.2, 0.25) is 5.91 Å². The molecular formula is C22H25NO4. The minimum absolute atomic E-state index is 0.0586. The molecule has 1 fully saturated rings. The summed E-state index contributed by atoms with van der Waals surface area (Å²) < 4.78 is 5.25. The number of ether oxygens (including phenoxy) is 1. The lowest BCUT2D eigenvalue weighted by Gasteiger charge is -2.34. The van der Waals surface area contributed by atoms with Crippen molar-refractivity contribution in [2.45, 2.75) is 25.3 Å². The average Bonchev–Trinajstić information content (AvgIpc) is 2.69. The van der Waals surface area contributed by atoms with E-state index >= 15 is 0 Å². The molecular weight excluding hydrogens is 342 g/mol. The molecule has 1 unspecified atom stereocenters. The smallest absolute Gasteiger partial charge is 0.328 e. The summed E-state index contributed by atoms with van der Waals surface area (Å²) in [5.74, 6) is -1.01. The van der Waals surface area contributed by atoms with Crippen LogP contribution < -0.4 is 0 Å². The third-order valence-corrected chi connectivity index (χ3v) is 4.93. The molecule has 3 rings (SSSR count). The first-order chi connectivity index (χ1) is 13.1. The first kappa shape index (κ1) is 19.1. The number of carboxylic acids is 1. The zero-order valence-electron chi connectivity index (χ0n) is 15.3. The highest BCUT2D eigenvalue weighted by Gasteiger charge is 2.33. The maximum absolute atomic E-state index is 12.9. The van der Waals surface area contributed by atoms with Crippen LogP contribution in [-0.4, -0.2) is 47.7 Å². The third-order valence-electron chi connectivity index (χ3n) is 4.93. The van der Waals surface area contributed by atoms with Crippen LogP contribution in [0.25, 0.3) is 0 Å². The second-order valence-corrected chi connectivity index (χ2v) is 6.97. The van der Waals surface area contributed by atoms with Gasteiger partial charge in [0, 0.05) is 13.0 Å². The van der Waals surface area contributed by atoms with E-state index in [0.717, 1.165) is 12.8 Å². The molecule has 142 valence electrons. The van der Waals surface area contributed by atoms with Gasteiger partial charge in [-0.15, -0.1) is 0 Å². The van der Waals surface area contributed by atoms with Crippen molar-refractivity contribution in [3.8, 4) is 0 Å². The molecule has 27 heavy (non-hydrogen) atoms. The Morgan fingerprint density at radius 3 is 2.07 bits per heavy atom. The van der Waals surface area contributed by atoms with Gasteiger partial charge >= 0.3 is 5.97 Å². The molecule has 1 aliphatic rings. The molecule has 1 atom stereocenters. The van der Waals surface area contributed by atoms with E-state index < -0.39 is 12.0 Å². The van der Waals surface area contributed by atoms with Crippen molar-refractivity contribution in [2.24, 2.45) is 5.92 Å². The van der Waals surface area contributed by atoms with E-state index in [2.05, 4.69) is 24.3 Å². The zero-order chi connectivity index (χ0) is 19.1. The van der Waals surface area contributed by atoms with Crippen molar-refractivity contribution < 1.29 is 19.4 Å². The summed E-state index contributed by atoms with van der Waals surface area (Å²) in [6.45, 7) is 0.778. The van der Waals surface area contributed by atoms with Crippen LogP contribution in [-0.2, 0) is 27.2 Å². The van der Waals surface area contributed by atoms with Gasteiger partial charge in [-0.25, -0.2) is 4.79 Å². The van der Waals surface area contributed by atoms with E-state index in [-0.39, 0.29) is 18.4 Å². The number of morpholine rings is 1. The summed E-state index contributed by atoms with van der Waals surface area (Å²) in [4.78, 5) is 25.8. The molecule has 0 bridgehead atoms. The lowest BCUT2D eigenvalue weighted by Crippen LogP contribution is -2.53. The van der Waals surface area contributed by atoms with E-state index in [0.29, 0.717) is 19.6 Å². The highest BCUT2D eigenvalue weighted by molar-refractivity contribution is 5.84. The van der Waals surface area contributed by atoms with Crippen molar-refractivity contribution in [3.05, 3.63) is 71.8 Å². The molecule has 1 N–H and O–H groups in total. The first-order valence-corrected chi connectivity index (χ1v) is 9.31. The number of carbonyl (C=O) groups excluding carboxylic acids is 1. The van der Waals surface area contributed by atoms with Crippen molar-refractivity contribution >= 4 is 11.9 Å². The number of amides is 1. The quantitative estimate of drug-likeness (QED) is 0.817. The minimum Gasteiger partial charge on any atom is -0.480 e. The van der Waals surface area contributed by atoms with Gasteiger partial charge in [-0.05, 0) is 29.9 Å². The number of aliphatic carboxylic acids is 1. The minimum atomic E-state index is -1.01. The van der Waals surface area contributed by atoms with E-state index in [1.54, 1.807) is 0 Å². The Morgan fingerprint density at radius 1 is 1.00 bits per heavy atom. The van der Waals surface area contributed by atoms with Crippen molar-refractivity contribution in [2.75, 3.05) is 19.8 Å². The molecule has 0 radical (unpaired) electrons. The van der Waals surface area contributed by atoms with E-state index in [1.807, 2.05) is 36.4 Å². The SMILES string of the molecule is O=C(O)C1COCCN1C(=O)CC(Cc1ccccc1)Cc1ccccc1. The standard InChI is InChI=1S/C22H25NO4/c24-21(23-11-12-27-16-20(23)22(25)26)15-19(13-17-7-3-1-4-8-17)14-18-9-5-2-6-10-18/h1-10,19-20H,11-16H2,(H,25,26). The zero-order valence-corrected chi connectivity index (χ0v) is 15.3. The molecule has 0 spiro atoms. The number of hydrogen-bond donors (Lipinski definition) is 1. The van der Waals surface area contributed by atoms with E-state index in [4.69, 9.17) is 4.74 Å².